The highest BCUT2D eigenvalue weighted by Crippen LogP contribution is 2.04. The number of Topliss-reactive ketones (excluding diaryl/α,β-unsaturated/α-hetero) is 1. The molecule has 26 heavy (non-hydrogen) atoms. The number of hydrogen-bond acceptors (Lipinski definition) is 6. The van der Waals surface area contributed by atoms with E-state index in [4.69, 9.17) is 10.8 Å². The average Bonchev–Trinajstić information content (AvgIpc) is 2.58. The van der Waals surface area contributed by atoms with E-state index in [-0.39, 0.29) is 49.5 Å². The second-order valence-corrected chi connectivity index (χ2v) is 5.57. The van der Waals surface area contributed by atoms with Crippen LogP contribution >= 0.6 is 12.4 Å². The minimum absolute atomic E-state index is 0. The molecule has 0 saturated carbocycles. The summed E-state index contributed by atoms with van der Waals surface area (Å²) < 4.78 is 0. The lowest BCUT2D eigenvalue weighted by Gasteiger charge is -2.09. The van der Waals surface area contributed by atoms with Crippen molar-refractivity contribution in [3.8, 4) is 0 Å². The Morgan fingerprint density at radius 1 is 1.12 bits per heavy atom. The minimum atomic E-state index is -0.961. The molecule has 0 bridgehead atoms. The van der Waals surface area contributed by atoms with Gasteiger partial charge < -0.3 is 16.2 Å². The molecule has 8 nitrogen and oxygen atoms in total. The lowest BCUT2D eigenvalue weighted by atomic mass is 10.1. The topological polar surface area (TPSA) is 134 Å². The van der Waals surface area contributed by atoms with Gasteiger partial charge in [0, 0.05) is 24.6 Å². The molecule has 1 aromatic carbocycles. The van der Waals surface area contributed by atoms with Crippen molar-refractivity contribution in [2.45, 2.75) is 39.3 Å². The third-order valence-corrected chi connectivity index (χ3v) is 2.95. The maximum atomic E-state index is 11.6. The standard InChI is InChI=1S/C12H19N3O.C5H9NO3.ClH/c1-9(2)15-12(16)11-6-4-10(5-7-11)8-14-13-3;6-3-4(7)1-2-5(8)9;/h4-7,9,13-14H,8H2,1-3H3,(H,15,16);1-3,6H2,(H,8,9);1H. The van der Waals surface area contributed by atoms with Gasteiger partial charge in [-0.15, -0.1) is 12.4 Å². The zero-order valence-electron chi connectivity index (χ0n) is 15.4. The first kappa shape index (κ1) is 26.2. The van der Waals surface area contributed by atoms with Crippen molar-refractivity contribution in [1.29, 1.82) is 0 Å². The second-order valence-electron chi connectivity index (χ2n) is 5.57. The molecule has 1 rings (SSSR count). The van der Waals surface area contributed by atoms with Crippen LogP contribution in [-0.2, 0) is 16.1 Å². The zero-order valence-corrected chi connectivity index (χ0v) is 16.2. The molecule has 0 spiro atoms. The van der Waals surface area contributed by atoms with E-state index in [0.717, 1.165) is 12.1 Å². The first-order valence-electron chi connectivity index (χ1n) is 8.03. The van der Waals surface area contributed by atoms with Crippen LogP contribution in [0, 0.1) is 0 Å². The predicted molar refractivity (Wildman–Crippen MR) is 103 cm³/mol. The maximum Gasteiger partial charge on any atom is 0.303 e. The van der Waals surface area contributed by atoms with Gasteiger partial charge in [-0.3, -0.25) is 25.2 Å². The normalized spacial score (nSPS) is 9.58. The van der Waals surface area contributed by atoms with Crippen molar-refractivity contribution in [2.75, 3.05) is 13.6 Å². The molecule has 0 aliphatic carbocycles. The third kappa shape index (κ3) is 13.3. The van der Waals surface area contributed by atoms with Crippen LogP contribution in [0.15, 0.2) is 24.3 Å². The Kier molecular flexibility index (Phi) is 15.4. The van der Waals surface area contributed by atoms with E-state index in [1.807, 2.05) is 45.2 Å². The average molecular weight is 389 g/mol. The predicted octanol–water partition coefficient (Wildman–Crippen LogP) is 0.850. The number of halogens is 1. The van der Waals surface area contributed by atoms with Crippen LogP contribution in [0.25, 0.3) is 0 Å². The summed E-state index contributed by atoms with van der Waals surface area (Å²) >= 11 is 0. The summed E-state index contributed by atoms with van der Waals surface area (Å²) in [6.45, 7) is 4.57. The Labute approximate surface area is 160 Å². The van der Waals surface area contributed by atoms with Crippen molar-refractivity contribution in [3.05, 3.63) is 35.4 Å². The van der Waals surface area contributed by atoms with E-state index >= 15 is 0 Å². The highest BCUT2D eigenvalue weighted by Gasteiger charge is 2.06. The number of carboxylic acids is 1. The fourth-order valence-electron chi connectivity index (χ4n) is 1.66. The SMILES string of the molecule is CNNCc1ccc(C(=O)NC(C)C)cc1.Cl.NCC(=O)CCC(=O)O. The molecular formula is C17H29ClN4O4. The number of nitrogens with one attached hydrogen (secondary N) is 3. The number of hydrazine groups is 1. The summed E-state index contributed by atoms with van der Waals surface area (Å²) in [5, 5.41) is 10.9. The fraction of sp³-hybridized carbons (Fsp3) is 0.471. The van der Waals surface area contributed by atoms with Gasteiger partial charge >= 0.3 is 5.97 Å². The number of carboxylic acid groups (broad SMARTS) is 1. The molecule has 0 unspecified atom stereocenters. The van der Waals surface area contributed by atoms with Gasteiger partial charge in [0.25, 0.3) is 5.91 Å². The minimum Gasteiger partial charge on any atom is -0.481 e. The van der Waals surface area contributed by atoms with Gasteiger partial charge in [-0.2, -0.15) is 0 Å². The Hall–Kier alpha value is -2.00. The highest BCUT2D eigenvalue weighted by molar-refractivity contribution is 5.94. The summed E-state index contributed by atoms with van der Waals surface area (Å²) in [6, 6.07) is 7.73. The van der Waals surface area contributed by atoms with E-state index < -0.39 is 5.97 Å². The molecule has 0 atom stereocenters. The molecule has 1 amide bonds. The van der Waals surface area contributed by atoms with E-state index in [2.05, 4.69) is 16.2 Å². The van der Waals surface area contributed by atoms with Crippen LogP contribution in [0.3, 0.4) is 0 Å². The van der Waals surface area contributed by atoms with E-state index in [1.54, 1.807) is 0 Å². The van der Waals surface area contributed by atoms with Crippen molar-refractivity contribution in [3.63, 3.8) is 0 Å². The molecule has 0 radical (unpaired) electrons. The Bertz CT molecular complexity index is 550. The third-order valence-electron chi connectivity index (χ3n) is 2.95. The van der Waals surface area contributed by atoms with Crippen LogP contribution in [0.5, 0.6) is 0 Å². The fourth-order valence-corrected chi connectivity index (χ4v) is 1.66. The molecular weight excluding hydrogens is 360 g/mol. The van der Waals surface area contributed by atoms with E-state index in [0.29, 0.717) is 5.56 Å². The molecule has 0 fully saturated rings. The number of hydrogen-bond donors (Lipinski definition) is 5. The largest absolute Gasteiger partial charge is 0.481 e. The zero-order chi connectivity index (χ0) is 19.2. The Morgan fingerprint density at radius 3 is 2.12 bits per heavy atom. The molecule has 0 aliphatic heterocycles. The molecule has 6 N–H and O–H groups in total. The molecule has 0 heterocycles. The van der Waals surface area contributed by atoms with E-state index in [9.17, 15) is 14.4 Å². The van der Waals surface area contributed by atoms with Gasteiger partial charge in [0.2, 0.25) is 0 Å². The number of benzene rings is 1. The lowest BCUT2D eigenvalue weighted by molar-refractivity contribution is -0.138. The van der Waals surface area contributed by atoms with Crippen LogP contribution in [0.2, 0.25) is 0 Å². The lowest BCUT2D eigenvalue weighted by Crippen LogP contribution is -2.30. The van der Waals surface area contributed by atoms with Crippen LogP contribution in [-0.4, -0.2) is 42.4 Å². The monoisotopic (exact) mass is 388 g/mol. The van der Waals surface area contributed by atoms with Gasteiger partial charge in [0.15, 0.2) is 0 Å². The van der Waals surface area contributed by atoms with Gasteiger partial charge in [-0.05, 0) is 38.6 Å². The van der Waals surface area contributed by atoms with Gasteiger partial charge in [-0.25, -0.2) is 0 Å². The number of ketones is 1. The second kappa shape index (κ2) is 15.3. The van der Waals surface area contributed by atoms with Crippen molar-refractivity contribution in [1.82, 2.24) is 16.2 Å². The van der Waals surface area contributed by atoms with E-state index in [1.165, 1.54) is 0 Å². The summed E-state index contributed by atoms with van der Waals surface area (Å²) in [4.78, 5) is 31.8. The summed E-state index contributed by atoms with van der Waals surface area (Å²) in [6.07, 6.45) is -0.0676. The van der Waals surface area contributed by atoms with Gasteiger partial charge in [0.1, 0.15) is 5.78 Å². The van der Waals surface area contributed by atoms with Gasteiger partial charge in [-0.1, -0.05) is 12.1 Å². The molecule has 0 saturated heterocycles. The van der Waals surface area contributed by atoms with Crippen molar-refractivity contribution >= 4 is 30.1 Å². The van der Waals surface area contributed by atoms with Crippen LogP contribution < -0.4 is 21.9 Å². The molecule has 148 valence electrons. The number of amides is 1. The molecule has 9 heteroatoms. The number of nitrogens with two attached hydrogens (primary N) is 1. The van der Waals surface area contributed by atoms with Crippen LogP contribution in [0.1, 0.15) is 42.6 Å². The summed E-state index contributed by atoms with van der Waals surface area (Å²) in [5.41, 5.74) is 12.6. The summed E-state index contributed by atoms with van der Waals surface area (Å²) in [5.74, 6) is -1.20. The first-order valence-corrected chi connectivity index (χ1v) is 8.03. The molecule has 0 aliphatic rings. The Balaban J connectivity index is 0. The number of carbonyl (C=O) groups excluding carboxylic acids is 2. The number of aliphatic carboxylic acids is 1. The molecule has 1 aromatic rings. The van der Waals surface area contributed by atoms with Crippen molar-refractivity contribution < 1.29 is 19.5 Å². The van der Waals surface area contributed by atoms with Gasteiger partial charge in [0.05, 0.1) is 13.0 Å². The first-order chi connectivity index (χ1) is 11.8. The van der Waals surface area contributed by atoms with Crippen molar-refractivity contribution in [2.24, 2.45) is 5.73 Å². The molecule has 0 aromatic heterocycles. The number of rotatable bonds is 9. The Morgan fingerprint density at radius 2 is 1.69 bits per heavy atom. The smallest absolute Gasteiger partial charge is 0.303 e. The van der Waals surface area contributed by atoms with Crippen LogP contribution in [0.4, 0.5) is 0 Å². The number of carbonyl (C=O) groups is 3. The summed E-state index contributed by atoms with van der Waals surface area (Å²) in [7, 11) is 1.82. The quantitative estimate of drug-likeness (QED) is 0.396. The maximum absolute atomic E-state index is 11.6. The highest BCUT2D eigenvalue weighted by atomic mass is 35.5.